The minimum absolute atomic E-state index is 0.142. The molecule has 0 atom stereocenters. The lowest BCUT2D eigenvalue weighted by molar-refractivity contribution is 0.0964. The molecule has 2 aromatic carbocycles. The molecule has 0 aliphatic heterocycles. The van der Waals surface area contributed by atoms with Crippen LogP contribution in [0.25, 0.3) is 33.4 Å². The average molecular weight is 422 g/mol. The summed E-state index contributed by atoms with van der Waals surface area (Å²) in [5, 5.41) is 3.18. The van der Waals surface area contributed by atoms with Gasteiger partial charge in [-0.2, -0.15) is 4.39 Å². The number of aromatic nitrogens is 1. The maximum absolute atomic E-state index is 13.4. The number of carbonyl (C=O) groups is 1. The zero-order valence-electron chi connectivity index (χ0n) is 17.2. The number of nitrogens with one attached hydrogen (secondary N) is 1. The van der Waals surface area contributed by atoms with Crippen LogP contribution in [0.2, 0.25) is 0 Å². The molecule has 0 saturated carbocycles. The van der Waals surface area contributed by atoms with Gasteiger partial charge in [0.1, 0.15) is 22.9 Å². The summed E-state index contributed by atoms with van der Waals surface area (Å²) in [6.07, 6.45) is 1.27. The molecular weight excluding hydrogens is 402 g/mol. The number of rotatable bonds is 5. The van der Waals surface area contributed by atoms with Gasteiger partial charge in [-0.05, 0) is 62.4 Å². The van der Waals surface area contributed by atoms with Gasteiger partial charge in [0.2, 0.25) is 5.95 Å². The standard InChI is InChI=1S/C24H20F2N2O3/c1-13(2)30-19-11-18-20(10-17(19)15-6-9-21(26)28-12-15)31-23(22(18)24(29)27-3)14-4-7-16(25)8-5-14/h4-13H,1-3H3,(H,27,29). The summed E-state index contributed by atoms with van der Waals surface area (Å²) in [6, 6.07) is 12.0. The number of hydrogen-bond donors (Lipinski definition) is 1. The van der Waals surface area contributed by atoms with E-state index in [0.717, 1.165) is 0 Å². The molecular formula is C24H20F2N2O3. The molecule has 0 bridgehead atoms. The Morgan fingerprint density at radius 2 is 1.77 bits per heavy atom. The molecule has 0 fully saturated rings. The molecule has 2 aromatic heterocycles. The zero-order valence-corrected chi connectivity index (χ0v) is 17.2. The maximum Gasteiger partial charge on any atom is 0.255 e. The molecule has 4 rings (SSSR count). The summed E-state index contributed by atoms with van der Waals surface area (Å²) in [6.45, 7) is 3.77. The van der Waals surface area contributed by atoms with Crippen LogP contribution >= 0.6 is 0 Å². The normalized spacial score (nSPS) is 11.2. The van der Waals surface area contributed by atoms with Crippen molar-refractivity contribution in [2.24, 2.45) is 0 Å². The Morgan fingerprint density at radius 3 is 2.39 bits per heavy atom. The van der Waals surface area contributed by atoms with Gasteiger partial charge in [0.05, 0.1) is 11.7 Å². The van der Waals surface area contributed by atoms with E-state index in [2.05, 4.69) is 10.3 Å². The minimum atomic E-state index is -0.588. The fourth-order valence-corrected chi connectivity index (χ4v) is 3.39. The van der Waals surface area contributed by atoms with E-state index in [0.29, 0.717) is 44.7 Å². The number of ether oxygens (including phenoxy) is 1. The fraction of sp³-hybridized carbons (Fsp3) is 0.167. The van der Waals surface area contributed by atoms with Crippen LogP contribution in [0.15, 0.2) is 59.1 Å². The van der Waals surface area contributed by atoms with Crippen molar-refractivity contribution in [3.8, 4) is 28.2 Å². The predicted molar refractivity (Wildman–Crippen MR) is 114 cm³/mol. The first-order chi connectivity index (χ1) is 14.9. The molecule has 0 spiro atoms. The molecule has 0 aliphatic rings. The third-order valence-electron chi connectivity index (χ3n) is 4.75. The molecule has 2 heterocycles. The van der Waals surface area contributed by atoms with Gasteiger partial charge in [0.15, 0.2) is 0 Å². The van der Waals surface area contributed by atoms with Crippen LogP contribution in [0.4, 0.5) is 8.78 Å². The van der Waals surface area contributed by atoms with Gasteiger partial charge in [0.25, 0.3) is 5.91 Å². The van der Waals surface area contributed by atoms with E-state index in [1.54, 1.807) is 30.3 Å². The van der Waals surface area contributed by atoms with Gasteiger partial charge in [-0.1, -0.05) is 0 Å². The molecule has 4 aromatic rings. The predicted octanol–water partition coefficient (Wildman–Crippen LogP) is 5.59. The number of furan rings is 1. The Bertz CT molecular complexity index is 1250. The van der Waals surface area contributed by atoms with E-state index in [1.165, 1.54) is 31.4 Å². The Morgan fingerprint density at radius 1 is 1.06 bits per heavy atom. The van der Waals surface area contributed by atoms with E-state index in [-0.39, 0.29) is 17.8 Å². The Hall–Kier alpha value is -3.74. The summed E-state index contributed by atoms with van der Waals surface area (Å²) >= 11 is 0. The van der Waals surface area contributed by atoms with Crippen LogP contribution < -0.4 is 10.1 Å². The van der Waals surface area contributed by atoms with Gasteiger partial charge in [-0.3, -0.25) is 4.79 Å². The monoisotopic (exact) mass is 422 g/mol. The van der Waals surface area contributed by atoms with E-state index in [1.807, 2.05) is 13.8 Å². The van der Waals surface area contributed by atoms with Crippen molar-refractivity contribution in [1.82, 2.24) is 10.3 Å². The highest BCUT2D eigenvalue weighted by Gasteiger charge is 2.24. The molecule has 31 heavy (non-hydrogen) atoms. The molecule has 0 aliphatic carbocycles. The maximum atomic E-state index is 13.4. The molecule has 1 amide bonds. The third kappa shape index (κ3) is 3.99. The van der Waals surface area contributed by atoms with Gasteiger partial charge in [0, 0.05) is 35.3 Å². The molecule has 0 unspecified atom stereocenters. The van der Waals surface area contributed by atoms with E-state index < -0.39 is 5.95 Å². The first kappa shape index (κ1) is 20.5. The summed E-state index contributed by atoms with van der Waals surface area (Å²) in [5.74, 6) is -0.494. The first-order valence-electron chi connectivity index (χ1n) is 9.74. The first-order valence-corrected chi connectivity index (χ1v) is 9.74. The topological polar surface area (TPSA) is 64.4 Å². The van der Waals surface area contributed by atoms with Gasteiger partial charge in [-0.15, -0.1) is 0 Å². The fourth-order valence-electron chi connectivity index (χ4n) is 3.39. The van der Waals surface area contributed by atoms with Crippen LogP contribution in [0, 0.1) is 11.8 Å². The van der Waals surface area contributed by atoms with E-state index in [9.17, 15) is 13.6 Å². The Labute approximate surface area is 177 Å². The highest BCUT2D eigenvalue weighted by Crippen LogP contribution is 2.40. The average Bonchev–Trinajstić information content (AvgIpc) is 3.11. The molecule has 7 heteroatoms. The van der Waals surface area contributed by atoms with Crippen molar-refractivity contribution in [1.29, 1.82) is 0 Å². The number of nitrogens with zero attached hydrogens (tertiary/aromatic N) is 1. The lowest BCUT2D eigenvalue weighted by Crippen LogP contribution is -2.18. The minimum Gasteiger partial charge on any atom is -0.490 e. The third-order valence-corrected chi connectivity index (χ3v) is 4.75. The van der Waals surface area contributed by atoms with Crippen molar-refractivity contribution in [2.45, 2.75) is 20.0 Å². The van der Waals surface area contributed by atoms with Crippen LogP contribution in [0.3, 0.4) is 0 Å². The number of hydrogen-bond acceptors (Lipinski definition) is 4. The van der Waals surface area contributed by atoms with E-state index >= 15 is 0 Å². The summed E-state index contributed by atoms with van der Waals surface area (Å²) in [7, 11) is 1.53. The quantitative estimate of drug-likeness (QED) is 0.426. The van der Waals surface area contributed by atoms with Crippen molar-refractivity contribution in [3.05, 3.63) is 72.1 Å². The molecule has 0 saturated heterocycles. The Balaban J connectivity index is 1.99. The smallest absolute Gasteiger partial charge is 0.255 e. The number of halogens is 2. The van der Waals surface area contributed by atoms with Gasteiger partial charge in [-0.25, -0.2) is 9.37 Å². The SMILES string of the molecule is CNC(=O)c1c(-c2ccc(F)cc2)oc2cc(-c3ccc(F)nc3)c(OC(C)C)cc12. The van der Waals surface area contributed by atoms with Crippen molar-refractivity contribution in [3.63, 3.8) is 0 Å². The van der Waals surface area contributed by atoms with Gasteiger partial charge < -0.3 is 14.5 Å². The molecule has 158 valence electrons. The Kier molecular flexibility index (Phi) is 5.42. The summed E-state index contributed by atoms with van der Waals surface area (Å²) in [4.78, 5) is 16.5. The summed E-state index contributed by atoms with van der Waals surface area (Å²) < 4.78 is 38.8. The number of carbonyl (C=O) groups excluding carboxylic acids is 1. The molecule has 5 nitrogen and oxygen atoms in total. The second-order valence-electron chi connectivity index (χ2n) is 7.27. The lowest BCUT2D eigenvalue weighted by atomic mass is 10.0. The van der Waals surface area contributed by atoms with Crippen LogP contribution in [-0.2, 0) is 0 Å². The van der Waals surface area contributed by atoms with Crippen LogP contribution in [0.5, 0.6) is 5.75 Å². The van der Waals surface area contributed by atoms with Crippen molar-refractivity contribution < 1.29 is 22.7 Å². The van der Waals surface area contributed by atoms with Gasteiger partial charge >= 0.3 is 0 Å². The van der Waals surface area contributed by atoms with Crippen molar-refractivity contribution >= 4 is 16.9 Å². The highest BCUT2D eigenvalue weighted by atomic mass is 19.1. The van der Waals surface area contributed by atoms with Crippen LogP contribution in [-0.4, -0.2) is 24.0 Å². The second kappa shape index (κ2) is 8.18. The number of amides is 1. The zero-order chi connectivity index (χ0) is 22.1. The highest BCUT2D eigenvalue weighted by molar-refractivity contribution is 6.12. The lowest BCUT2D eigenvalue weighted by Gasteiger charge is -2.14. The van der Waals surface area contributed by atoms with Crippen molar-refractivity contribution in [2.75, 3.05) is 7.05 Å². The number of benzene rings is 2. The largest absolute Gasteiger partial charge is 0.490 e. The van der Waals surface area contributed by atoms with E-state index in [4.69, 9.17) is 9.15 Å². The molecule has 0 radical (unpaired) electrons. The number of fused-ring (bicyclic) bond motifs is 1. The summed E-state index contributed by atoms with van der Waals surface area (Å²) in [5.41, 5.74) is 2.61. The number of pyridine rings is 1. The van der Waals surface area contributed by atoms with Crippen LogP contribution in [0.1, 0.15) is 24.2 Å². The second-order valence-corrected chi connectivity index (χ2v) is 7.27. The molecule has 1 N–H and O–H groups in total.